The highest BCUT2D eigenvalue weighted by Gasteiger charge is 2.10. The molecule has 194 valence electrons. The molecule has 0 nitrogen and oxygen atoms in total. The van der Waals surface area contributed by atoms with E-state index in [1.54, 1.807) is 12.1 Å². The molecule has 4 rings (SSSR count). The van der Waals surface area contributed by atoms with E-state index in [9.17, 15) is 22.0 Å². The van der Waals surface area contributed by atoms with Gasteiger partial charge in [-0.05, 0) is 70.5 Å². The Morgan fingerprint density at radius 2 is 1.21 bits per heavy atom. The smallest absolute Gasteiger partial charge is 0.207 e. The number of hydrogen-bond acceptors (Lipinski definition) is 0. The number of alkyl halides is 2. The molecule has 4 aromatic rings. The molecule has 0 spiro atoms. The highest BCUT2D eigenvalue weighted by molar-refractivity contribution is 5.74. The molecule has 38 heavy (non-hydrogen) atoms. The Bertz CT molecular complexity index is 1410. The second kappa shape index (κ2) is 12.5. The molecule has 0 saturated heterocycles. The third-order valence-electron chi connectivity index (χ3n) is 6.27. The van der Waals surface area contributed by atoms with Crippen LogP contribution in [-0.4, -0.2) is 6.43 Å². The van der Waals surface area contributed by atoms with Crippen molar-refractivity contribution >= 4 is 12.2 Å². The zero-order valence-corrected chi connectivity index (χ0v) is 20.9. The van der Waals surface area contributed by atoms with Crippen LogP contribution in [0.5, 0.6) is 0 Å². The first-order valence-corrected chi connectivity index (χ1v) is 12.4. The monoisotopic (exact) mass is 518 g/mol. The molecular weight excluding hydrogens is 491 g/mol. The summed E-state index contributed by atoms with van der Waals surface area (Å²) < 4.78 is 67.9. The second-order valence-electron chi connectivity index (χ2n) is 9.02. The number of halogens is 5. The first kappa shape index (κ1) is 27.1. The molecule has 0 amide bonds. The number of benzene rings is 4. The summed E-state index contributed by atoms with van der Waals surface area (Å²) in [7, 11) is 0. The van der Waals surface area contributed by atoms with Crippen LogP contribution in [0.3, 0.4) is 0 Å². The van der Waals surface area contributed by atoms with Crippen molar-refractivity contribution in [3.63, 3.8) is 0 Å². The van der Waals surface area contributed by atoms with Crippen molar-refractivity contribution in [1.29, 1.82) is 0 Å². The minimum atomic E-state index is -2.68. The van der Waals surface area contributed by atoms with Crippen LogP contribution in [0.4, 0.5) is 22.0 Å². The average molecular weight is 519 g/mol. The summed E-state index contributed by atoms with van der Waals surface area (Å²) in [6.45, 7) is 2.16. The Hall–Kier alpha value is -3.99. The Kier molecular flexibility index (Phi) is 8.90. The maximum atomic E-state index is 14.8. The van der Waals surface area contributed by atoms with Gasteiger partial charge in [0, 0.05) is 11.1 Å². The van der Waals surface area contributed by atoms with Crippen molar-refractivity contribution in [3.8, 4) is 22.3 Å². The standard InChI is InChI=1S/C33H27F5/c1-2-4-22-7-10-24(11-8-22)25-13-15-26(16-14-25)28-18-17-27(30(34)21-28)12-9-23-19-31(35)29(32(36)20-23)5-3-6-33(37)38/h3,6-21,33H,2,4-5H2,1H3/b6-3+,12-9+. The first-order valence-electron chi connectivity index (χ1n) is 12.4. The molecule has 0 aliphatic heterocycles. The predicted octanol–water partition coefficient (Wildman–Crippen LogP) is 9.92. The lowest BCUT2D eigenvalue weighted by atomic mass is 9.98. The van der Waals surface area contributed by atoms with Crippen LogP contribution in [0.15, 0.2) is 91.0 Å². The summed E-state index contributed by atoms with van der Waals surface area (Å²) in [5.74, 6) is -2.16. The average Bonchev–Trinajstić information content (AvgIpc) is 2.90. The summed E-state index contributed by atoms with van der Waals surface area (Å²) >= 11 is 0. The maximum absolute atomic E-state index is 14.8. The molecule has 0 N–H and O–H groups in total. The van der Waals surface area contributed by atoms with E-state index < -0.39 is 23.9 Å². The molecular formula is C33H27F5. The quantitative estimate of drug-likeness (QED) is 0.117. The highest BCUT2D eigenvalue weighted by Crippen LogP contribution is 2.27. The molecule has 0 heterocycles. The summed E-state index contributed by atoms with van der Waals surface area (Å²) in [5.41, 5.74) is 5.25. The molecule has 0 saturated carbocycles. The van der Waals surface area contributed by atoms with Crippen LogP contribution in [0.25, 0.3) is 34.4 Å². The molecule has 0 atom stereocenters. The topological polar surface area (TPSA) is 0 Å². The zero-order chi connectivity index (χ0) is 27.1. The third-order valence-corrected chi connectivity index (χ3v) is 6.27. The van der Waals surface area contributed by atoms with Gasteiger partial charge in [-0.3, -0.25) is 0 Å². The maximum Gasteiger partial charge on any atom is 0.257 e. The van der Waals surface area contributed by atoms with Gasteiger partial charge >= 0.3 is 0 Å². The van der Waals surface area contributed by atoms with Crippen LogP contribution >= 0.6 is 0 Å². The van der Waals surface area contributed by atoms with Gasteiger partial charge in [-0.25, -0.2) is 22.0 Å². The summed E-state index contributed by atoms with van der Waals surface area (Å²) in [4.78, 5) is 0. The van der Waals surface area contributed by atoms with Gasteiger partial charge < -0.3 is 0 Å². The second-order valence-corrected chi connectivity index (χ2v) is 9.02. The summed E-state index contributed by atoms with van der Waals surface area (Å²) in [5, 5.41) is 0. The van der Waals surface area contributed by atoms with E-state index in [0.717, 1.165) is 47.7 Å². The van der Waals surface area contributed by atoms with Gasteiger partial charge in [0.1, 0.15) is 17.5 Å². The number of allylic oxidation sites excluding steroid dienone is 2. The minimum absolute atomic E-state index is 0.198. The molecule has 0 aliphatic rings. The van der Waals surface area contributed by atoms with E-state index in [4.69, 9.17) is 0 Å². The predicted molar refractivity (Wildman–Crippen MR) is 145 cm³/mol. The van der Waals surface area contributed by atoms with Gasteiger partial charge in [0.2, 0.25) is 0 Å². The molecule has 0 fully saturated rings. The van der Waals surface area contributed by atoms with Crippen LogP contribution in [-0.2, 0) is 12.8 Å². The fourth-order valence-corrected chi connectivity index (χ4v) is 4.24. The normalized spacial score (nSPS) is 11.8. The van der Waals surface area contributed by atoms with Crippen molar-refractivity contribution < 1.29 is 22.0 Å². The van der Waals surface area contributed by atoms with E-state index in [-0.39, 0.29) is 23.1 Å². The summed E-state index contributed by atoms with van der Waals surface area (Å²) in [6, 6.07) is 23.4. The SMILES string of the molecule is CCCc1ccc(-c2ccc(-c3ccc(/C=C/c4cc(F)c(C/C=C/C(F)F)c(F)c4)c(F)c3)cc2)cc1. The Morgan fingerprint density at radius 3 is 1.76 bits per heavy atom. The molecule has 0 radical (unpaired) electrons. The van der Waals surface area contributed by atoms with E-state index >= 15 is 0 Å². The van der Waals surface area contributed by atoms with Gasteiger partial charge in [-0.1, -0.05) is 92.2 Å². The Morgan fingerprint density at radius 1 is 0.658 bits per heavy atom. The fraction of sp³-hybridized carbons (Fsp3) is 0.152. The lowest BCUT2D eigenvalue weighted by Gasteiger charge is -2.08. The van der Waals surface area contributed by atoms with Crippen molar-refractivity contribution in [2.45, 2.75) is 32.6 Å². The van der Waals surface area contributed by atoms with Gasteiger partial charge in [-0.2, -0.15) is 0 Å². The molecule has 4 aromatic carbocycles. The molecule has 0 aliphatic carbocycles. The largest absolute Gasteiger partial charge is 0.257 e. The lowest BCUT2D eigenvalue weighted by Crippen LogP contribution is -1.96. The van der Waals surface area contributed by atoms with Gasteiger partial charge in [-0.15, -0.1) is 0 Å². The van der Waals surface area contributed by atoms with Gasteiger partial charge in [0.15, 0.2) is 0 Å². The Balaban J connectivity index is 1.47. The minimum Gasteiger partial charge on any atom is -0.207 e. The Labute approximate surface area is 219 Å². The van der Waals surface area contributed by atoms with E-state index in [1.807, 2.05) is 24.3 Å². The molecule has 0 aromatic heterocycles. The van der Waals surface area contributed by atoms with E-state index in [1.165, 1.54) is 23.8 Å². The number of aryl methyl sites for hydroxylation is 1. The number of rotatable bonds is 9. The molecule has 5 heteroatoms. The van der Waals surface area contributed by atoms with E-state index in [0.29, 0.717) is 11.6 Å². The molecule has 0 bridgehead atoms. The molecule has 0 unspecified atom stereocenters. The highest BCUT2D eigenvalue weighted by atomic mass is 19.3. The van der Waals surface area contributed by atoms with Crippen LogP contribution in [0.1, 0.15) is 35.6 Å². The van der Waals surface area contributed by atoms with E-state index in [2.05, 4.69) is 31.2 Å². The van der Waals surface area contributed by atoms with Gasteiger partial charge in [0.25, 0.3) is 6.43 Å². The van der Waals surface area contributed by atoms with Crippen molar-refractivity contribution in [1.82, 2.24) is 0 Å². The van der Waals surface area contributed by atoms with Gasteiger partial charge in [0.05, 0.1) is 0 Å². The number of hydrogen-bond donors (Lipinski definition) is 0. The van der Waals surface area contributed by atoms with Crippen molar-refractivity contribution in [2.75, 3.05) is 0 Å². The fourth-order valence-electron chi connectivity index (χ4n) is 4.24. The van der Waals surface area contributed by atoms with Crippen LogP contribution in [0, 0.1) is 17.5 Å². The third kappa shape index (κ3) is 6.86. The van der Waals surface area contributed by atoms with Crippen LogP contribution in [0.2, 0.25) is 0 Å². The van der Waals surface area contributed by atoms with Crippen molar-refractivity contribution in [3.05, 3.63) is 131 Å². The van der Waals surface area contributed by atoms with Crippen molar-refractivity contribution in [2.24, 2.45) is 0 Å². The first-order chi connectivity index (χ1) is 18.3. The van der Waals surface area contributed by atoms with Crippen LogP contribution < -0.4 is 0 Å². The zero-order valence-electron chi connectivity index (χ0n) is 20.9. The summed E-state index contributed by atoms with van der Waals surface area (Å²) in [6.07, 6.45) is 3.65. The lowest BCUT2D eigenvalue weighted by molar-refractivity contribution is 0.204.